The zero-order valence-corrected chi connectivity index (χ0v) is 20.7. The number of benzene rings is 3. The highest BCUT2D eigenvalue weighted by molar-refractivity contribution is 8.01. The molecule has 1 heterocycles. The number of rotatable bonds is 7. The minimum absolute atomic E-state index is 0.122. The van der Waals surface area contributed by atoms with Gasteiger partial charge in [-0.2, -0.15) is 0 Å². The molecule has 4 nitrogen and oxygen atoms in total. The Bertz CT molecular complexity index is 1010. The molecule has 34 heavy (non-hydrogen) atoms. The van der Waals surface area contributed by atoms with E-state index in [2.05, 4.69) is 78.1 Å². The van der Waals surface area contributed by atoms with Gasteiger partial charge in [0.05, 0.1) is 10.8 Å². The summed E-state index contributed by atoms with van der Waals surface area (Å²) >= 11 is 1.84. The molecule has 1 N–H and O–H groups in total. The van der Waals surface area contributed by atoms with E-state index in [9.17, 15) is 9.59 Å². The van der Waals surface area contributed by atoms with E-state index < -0.39 is 28.1 Å². The number of ketones is 1. The van der Waals surface area contributed by atoms with E-state index >= 15 is 0 Å². The van der Waals surface area contributed by atoms with Crippen molar-refractivity contribution < 1.29 is 14.3 Å². The van der Waals surface area contributed by atoms with Crippen molar-refractivity contribution in [3.8, 4) is 0 Å². The van der Waals surface area contributed by atoms with E-state index in [1.807, 2.05) is 30.0 Å². The van der Waals surface area contributed by atoms with Crippen molar-refractivity contribution in [3.63, 3.8) is 0 Å². The second kappa shape index (κ2) is 10.2. The van der Waals surface area contributed by atoms with Crippen LogP contribution >= 0.6 is 11.8 Å². The minimum Gasteiger partial charge on any atom is -0.454 e. The van der Waals surface area contributed by atoms with Gasteiger partial charge in [-0.05, 0) is 43.9 Å². The smallest absolute Gasteiger partial charge is 0.376 e. The Morgan fingerprint density at radius 3 is 1.65 bits per heavy atom. The van der Waals surface area contributed by atoms with E-state index in [-0.39, 0.29) is 5.25 Å². The molecule has 1 fully saturated rings. The molecule has 0 unspecified atom stereocenters. The molecule has 0 spiro atoms. The van der Waals surface area contributed by atoms with E-state index in [0.29, 0.717) is 13.0 Å². The van der Waals surface area contributed by atoms with Crippen LogP contribution in [0, 0.1) is 0 Å². The van der Waals surface area contributed by atoms with Gasteiger partial charge in [0, 0.05) is 11.8 Å². The number of ether oxygens (including phenoxy) is 1. The third-order valence-electron chi connectivity index (χ3n) is 5.89. The van der Waals surface area contributed by atoms with Crippen molar-refractivity contribution in [2.24, 2.45) is 0 Å². The Hall–Kier alpha value is -2.89. The molecule has 3 aromatic carbocycles. The van der Waals surface area contributed by atoms with E-state index in [1.165, 1.54) is 16.7 Å². The van der Waals surface area contributed by atoms with Gasteiger partial charge in [0.25, 0.3) is 5.78 Å². The number of nitrogens with one attached hydrogen (secondary N) is 1. The van der Waals surface area contributed by atoms with Crippen molar-refractivity contribution in [2.45, 2.75) is 48.8 Å². The number of Topliss-reactive ketones (excluding diaryl/α,β-unsaturated/α-hetero) is 1. The quantitative estimate of drug-likeness (QED) is 0.285. The van der Waals surface area contributed by atoms with Crippen molar-refractivity contribution >= 4 is 23.5 Å². The maximum absolute atomic E-state index is 12.8. The summed E-state index contributed by atoms with van der Waals surface area (Å²) in [5, 5.41) is 3.40. The third-order valence-corrected chi connectivity index (χ3v) is 7.64. The lowest BCUT2D eigenvalue weighted by molar-refractivity contribution is -0.163. The van der Waals surface area contributed by atoms with E-state index in [1.54, 1.807) is 20.8 Å². The lowest BCUT2D eigenvalue weighted by Crippen LogP contribution is -2.39. The zero-order valence-electron chi connectivity index (χ0n) is 19.9. The molecular formula is C29H31NO3S. The Kier molecular flexibility index (Phi) is 7.24. The van der Waals surface area contributed by atoms with E-state index in [4.69, 9.17) is 4.74 Å². The maximum atomic E-state index is 12.8. The molecule has 0 amide bonds. The molecule has 0 radical (unpaired) electrons. The first-order chi connectivity index (χ1) is 16.3. The highest BCUT2D eigenvalue weighted by Crippen LogP contribution is 2.51. The maximum Gasteiger partial charge on any atom is 0.376 e. The summed E-state index contributed by atoms with van der Waals surface area (Å²) in [6.45, 7) is 5.95. The molecule has 0 saturated carbocycles. The fourth-order valence-corrected chi connectivity index (χ4v) is 6.22. The molecule has 1 aliphatic rings. The second-order valence-electron chi connectivity index (χ2n) is 9.58. The molecule has 0 bridgehead atoms. The number of thioether (sulfide) groups is 1. The first-order valence-corrected chi connectivity index (χ1v) is 12.5. The summed E-state index contributed by atoms with van der Waals surface area (Å²) in [5.41, 5.74) is 2.85. The fraction of sp³-hybridized carbons (Fsp3) is 0.310. The van der Waals surface area contributed by atoms with Crippen LogP contribution in [0.1, 0.15) is 43.9 Å². The van der Waals surface area contributed by atoms with Crippen molar-refractivity contribution in [2.75, 3.05) is 6.54 Å². The SMILES string of the molecule is CC(C)(C)OC(=O)C(=O)[C@@H]1C[C@H](SC(c2ccccc2)(c2ccccc2)c2ccccc2)CN1. The predicted octanol–water partition coefficient (Wildman–Crippen LogP) is 5.35. The molecular weight excluding hydrogens is 442 g/mol. The number of carbonyl (C=O) groups excluding carboxylic acids is 2. The van der Waals surface area contributed by atoms with Gasteiger partial charge >= 0.3 is 5.97 Å². The van der Waals surface area contributed by atoms with Crippen LogP contribution in [-0.4, -0.2) is 35.2 Å². The second-order valence-corrected chi connectivity index (χ2v) is 11.1. The molecule has 1 aliphatic heterocycles. The van der Waals surface area contributed by atoms with Crippen LogP contribution in [0.15, 0.2) is 91.0 Å². The Labute approximate surface area is 206 Å². The van der Waals surface area contributed by atoms with Crippen LogP contribution in [-0.2, 0) is 19.1 Å². The van der Waals surface area contributed by atoms with Crippen molar-refractivity contribution in [1.82, 2.24) is 5.32 Å². The van der Waals surface area contributed by atoms with Crippen LogP contribution in [0.5, 0.6) is 0 Å². The minimum atomic E-state index is -0.768. The van der Waals surface area contributed by atoms with Gasteiger partial charge in [0.1, 0.15) is 5.60 Å². The fourth-order valence-electron chi connectivity index (χ4n) is 4.44. The average molecular weight is 474 g/mol. The summed E-state index contributed by atoms with van der Waals surface area (Å²) in [5.74, 6) is -1.26. The van der Waals surface area contributed by atoms with Gasteiger partial charge in [0.15, 0.2) is 0 Å². The van der Waals surface area contributed by atoms with E-state index in [0.717, 1.165) is 0 Å². The molecule has 5 heteroatoms. The third kappa shape index (κ3) is 5.26. The summed E-state index contributed by atoms with van der Waals surface area (Å²) in [7, 11) is 0. The summed E-state index contributed by atoms with van der Waals surface area (Å²) in [4.78, 5) is 25.2. The predicted molar refractivity (Wildman–Crippen MR) is 138 cm³/mol. The molecule has 2 atom stereocenters. The number of esters is 1. The molecule has 0 aliphatic carbocycles. The molecule has 1 saturated heterocycles. The van der Waals surface area contributed by atoms with Gasteiger partial charge in [-0.1, -0.05) is 91.0 Å². The van der Waals surface area contributed by atoms with Crippen LogP contribution in [0.3, 0.4) is 0 Å². The van der Waals surface area contributed by atoms with Gasteiger partial charge in [-0.25, -0.2) is 4.79 Å². The summed E-state index contributed by atoms with van der Waals surface area (Å²) in [6.07, 6.45) is 0.566. The lowest BCUT2D eigenvalue weighted by Gasteiger charge is -2.37. The van der Waals surface area contributed by atoms with Crippen LogP contribution in [0.2, 0.25) is 0 Å². The molecule has 4 rings (SSSR count). The highest BCUT2D eigenvalue weighted by atomic mass is 32.2. The first-order valence-electron chi connectivity index (χ1n) is 11.6. The van der Waals surface area contributed by atoms with Crippen molar-refractivity contribution in [1.29, 1.82) is 0 Å². The number of hydrogen-bond acceptors (Lipinski definition) is 5. The van der Waals surface area contributed by atoms with Gasteiger partial charge in [-0.3, -0.25) is 4.79 Å². The Morgan fingerprint density at radius 2 is 1.24 bits per heavy atom. The summed E-state index contributed by atoms with van der Waals surface area (Å²) in [6, 6.07) is 31.0. The summed E-state index contributed by atoms with van der Waals surface area (Å²) < 4.78 is 4.86. The van der Waals surface area contributed by atoms with Crippen LogP contribution in [0.25, 0.3) is 0 Å². The Balaban J connectivity index is 1.68. The number of hydrogen-bond donors (Lipinski definition) is 1. The lowest BCUT2D eigenvalue weighted by atomic mass is 9.84. The monoisotopic (exact) mass is 473 g/mol. The highest BCUT2D eigenvalue weighted by Gasteiger charge is 2.43. The van der Waals surface area contributed by atoms with Crippen LogP contribution in [0.4, 0.5) is 0 Å². The number of carbonyl (C=O) groups is 2. The Morgan fingerprint density at radius 1 is 0.794 bits per heavy atom. The zero-order chi connectivity index (χ0) is 24.2. The first kappa shape index (κ1) is 24.2. The van der Waals surface area contributed by atoms with Crippen LogP contribution < -0.4 is 5.32 Å². The van der Waals surface area contributed by atoms with Crippen molar-refractivity contribution in [3.05, 3.63) is 108 Å². The average Bonchev–Trinajstić information content (AvgIpc) is 3.31. The molecule has 176 valence electrons. The van der Waals surface area contributed by atoms with Gasteiger partial charge in [-0.15, -0.1) is 11.8 Å². The normalized spacial score (nSPS) is 18.4. The molecule has 3 aromatic rings. The standard InChI is InChI=1S/C29H31NO3S/c1-28(2,3)33-27(32)26(31)25-19-24(20-30-25)34-29(21-13-7-4-8-14-21,22-15-9-5-10-16-22)23-17-11-6-12-18-23/h4-18,24-25,30H,19-20H2,1-3H3/t24-,25-/m0/s1. The van der Waals surface area contributed by atoms with Gasteiger partial charge < -0.3 is 10.1 Å². The topological polar surface area (TPSA) is 55.4 Å². The molecule has 0 aromatic heterocycles. The van der Waals surface area contributed by atoms with Gasteiger partial charge in [0.2, 0.25) is 0 Å². The largest absolute Gasteiger partial charge is 0.454 e.